The first-order chi connectivity index (χ1) is 12.3. The average Bonchev–Trinajstić information content (AvgIpc) is 3.23. The van der Waals surface area contributed by atoms with E-state index in [9.17, 15) is 9.59 Å². The zero-order chi connectivity index (χ0) is 18.7. The lowest BCUT2D eigenvalue weighted by atomic mass is 10.1. The van der Waals surface area contributed by atoms with Gasteiger partial charge in [-0.05, 0) is 32.8 Å². The minimum atomic E-state index is -0.526. The van der Waals surface area contributed by atoms with E-state index >= 15 is 0 Å². The molecular weight excluding hydrogens is 350 g/mol. The van der Waals surface area contributed by atoms with Gasteiger partial charge in [-0.3, -0.25) is 4.79 Å². The van der Waals surface area contributed by atoms with Crippen molar-refractivity contribution in [3.05, 3.63) is 42.1 Å². The average molecular weight is 375 g/mol. The molecule has 140 valence electrons. The fraction of sp³-hybridized carbons (Fsp3) is 0.474. The van der Waals surface area contributed by atoms with Crippen LogP contribution in [-0.2, 0) is 9.53 Å². The Labute approximate surface area is 158 Å². The number of carbonyl (C=O) groups is 2. The lowest BCUT2D eigenvalue weighted by molar-refractivity contribution is -0.124. The van der Waals surface area contributed by atoms with Crippen LogP contribution >= 0.6 is 11.8 Å². The third-order valence-electron chi connectivity index (χ3n) is 4.15. The van der Waals surface area contributed by atoms with Gasteiger partial charge in [-0.2, -0.15) is 0 Å². The van der Waals surface area contributed by atoms with Crippen LogP contribution in [0.25, 0.3) is 4.91 Å². The van der Waals surface area contributed by atoms with E-state index in [1.165, 1.54) is 0 Å². The highest BCUT2D eigenvalue weighted by Crippen LogP contribution is 2.33. The number of rotatable bonds is 3. The Balaban J connectivity index is 1.47. The predicted molar refractivity (Wildman–Crippen MR) is 103 cm³/mol. The maximum atomic E-state index is 12.5. The van der Waals surface area contributed by atoms with Crippen LogP contribution in [0.2, 0.25) is 0 Å². The second kappa shape index (κ2) is 7.61. The van der Waals surface area contributed by atoms with E-state index in [2.05, 4.69) is 10.6 Å². The predicted octanol–water partition coefficient (Wildman–Crippen LogP) is 2.98. The van der Waals surface area contributed by atoms with Crippen molar-refractivity contribution in [3.8, 4) is 0 Å². The van der Waals surface area contributed by atoms with Crippen molar-refractivity contribution in [2.45, 2.75) is 38.3 Å². The molecule has 0 spiro atoms. The molecule has 0 aliphatic carbocycles. The fourth-order valence-corrected chi connectivity index (χ4v) is 3.86. The van der Waals surface area contributed by atoms with Crippen LogP contribution in [0.1, 0.15) is 32.8 Å². The van der Waals surface area contributed by atoms with Gasteiger partial charge in [0.2, 0.25) is 5.91 Å². The monoisotopic (exact) mass is 375 g/mol. The quantitative estimate of drug-likeness (QED) is 0.850. The Morgan fingerprint density at radius 1 is 1.27 bits per heavy atom. The molecule has 1 fully saturated rings. The number of ether oxygens (including phenoxy) is 1. The highest BCUT2D eigenvalue weighted by molar-refractivity contribution is 8.09. The SMILES string of the molecule is CC(C)(C)OC(=O)N1CCC(C(=O)NC2NC=C(c3ccccc3)S2)C1. The molecule has 1 aromatic rings. The van der Waals surface area contributed by atoms with Crippen LogP contribution in [0.15, 0.2) is 36.5 Å². The highest BCUT2D eigenvalue weighted by atomic mass is 32.2. The number of nitrogens with zero attached hydrogens (tertiary/aromatic N) is 1. The number of hydrogen-bond acceptors (Lipinski definition) is 5. The zero-order valence-corrected chi connectivity index (χ0v) is 16.1. The number of hydrogen-bond donors (Lipinski definition) is 2. The molecule has 2 heterocycles. The number of thioether (sulfide) groups is 1. The standard InChI is InChI=1S/C19H25N3O3S/c1-19(2,3)25-18(24)22-10-9-14(12-22)16(23)21-17-20-11-15(26-17)13-7-5-4-6-8-13/h4-8,11,14,17,20H,9-10,12H2,1-3H3,(H,21,23). The lowest BCUT2D eigenvalue weighted by Gasteiger charge is -2.24. The first-order valence-electron chi connectivity index (χ1n) is 8.78. The fourth-order valence-electron chi connectivity index (χ4n) is 2.88. The van der Waals surface area contributed by atoms with E-state index < -0.39 is 5.60 Å². The summed E-state index contributed by atoms with van der Waals surface area (Å²) in [6.07, 6.45) is 2.22. The van der Waals surface area contributed by atoms with Crippen molar-refractivity contribution in [2.75, 3.05) is 13.1 Å². The van der Waals surface area contributed by atoms with Gasteiger partial charge in [0.05, 0.1) is 5.92 Å². The maximum absolute atomic E-state index is 12.5. The molecule has 2 aliphatic heterocycles. The van der Waals surface area contributed by atoms with Gasteiger partial charge < -0.3 is 20.3 Å². The summed E-state index contributed by atoms with van der Waals surface area (Å²) in [6, 6.07) is 10.0. The highest BCUT2D eigenvalue weighted by Gasteiger charge is 2.34. The van der Waals surface area contributed by atoms with Crippen LogP contribution in [0.5, 0.6) is 0 Å². The lowest BCUT2D eigenvalue weighted by Crippen LogP contribution is -2.43. The second-order valence-corrected chi connectivity index (χ2v) is 8.61. The first kappa shape index (κ1) is 18.6. The number of benzene rings is 1. The van der Waals surface area contributed by atoms with Gasteiger partial charge in [0.25, 0.3) is 0 Å². The number of amides is 2. The normalized spacial score (nSPS) is 22.6. The van der Waals surface area contributed by atoms with Crippen LogP contribution in [0, 0.1) is 5.92 Å². The molecule has 0 bridgehead atoms. The topological polar surface area (TPSA) is 70.7 Å². The summed E-state index contributed by atoms with van der Waals surface area (Å²) in [5.41, 5.74) is 0.411. The van der Waals surface area contributed by atoms with Gasteiger partial charge in [0.15, 0.2) is 5.50 Å². The van der Waals surface area contributed by atoms with Gasteiger partial charge in [0.1, 0.15) is 5.60 Å². The van der Waals surface area contributed by atoms with Crippen molar-refractivity contribution in [3.63, 3.8) is 0 Å². The van der Waals surface area contributed by atoms with Gasteiger partial charge in [0, 0.05) is 24.2 Å². The van der Waals surface area contributed by atoms with E-state index in [1.54, 1.807) is 16.7 Å². The van der Waals surface area contributed by atoms with Gasteiger partial charge in [-0.15, -0.1) is 0 Å². The molecule has 2 N–H and O–H groups in total. The second-order valence-electron chi connectivity index (χ2n) is 7.46. The molecule has 6 nitrogen and oxygen atoms in total. The molecule has 2 unspecified atom stereocenters. The Bertz CT molecular complexity index is 700. The van der Waals surface area contributed by atoms with Crippen LogP contribution in [-0.4, -0.2) is 41.1 Å². The zero-order valence-electron chi connectivity index (χ0n) is 15.3. The smallest absolute Gasteiger partial charge is 0.410 e. The summed E-state index contributed by atoms with van der Waals surface area (Å²) < 4.78 is 5.38. The molecule has 7 heteroatoms. The summed E-state index contributed by atoms with van der Waals surface area (Å²) >= 11 is 1.58. The van der Waals surface area contributed by atoms with E-state index in [0.29, 0.717) is 19.5 Å². The maximum Gasteiger partial charge on any atom is 0.410 e. The van der Waals surface area contributed by atoms with Crippen LogP contribution in [0.3, 0.4) is 0 Å². The first-order valence-corrected chi connectivity index (χ1v) is 9.66. The van der Waals surface area contributed by atoms with E-state index in [1.807, 2.05) is 57.3 Å². The van der Waals surface area contributed by atoms with Crippen molar-refractivity contribution in [2.24, 2.45) is 5.92 Å². The summed E-state index contributed by atoms with van der Waals surface area (Å²) in [5, 5.41) is 6.20. The summed E-state index contributed by atoms with van der Waals surface area (Å²) in [4.78, 5) is 27.4. The molecule has 2 amide bonds. The summed E-state index contributed by atoms with van der Waals surface area (Å²) in [6.45, 7) is 6.46. The summed E-state index contributed by atoms with van der Waals surface area (Å²) in [5.74, 6) is -0.241. The molecule has 2 aliphatic rings. The molecular formula is C19H25N3O3S. The van der Waals surface area contributed by atoms with Crippen molar-refractivity contribution in [1.82, 2.24) is 15.5 Å². The molecule has 1 saturated heterocycles. The minimum absolute atomic E-state index is 0.0382. The minimum Gasteiger partial charge on any atom is -0.444 e. The third kappa shape index (κ3) is 4.72. The number of nitrogens with one attached hydrogen (secondary N) is 2. The Kier molecular flexibility index (Phi) is 5.46. The molecule has 1 aromatic carbocycles. The largest absolute Gasteiger partial charge is 0.444 e. The van der Waals surface area contributed by atoms with Gasteiger partial charge in [-0.25, -0.2) is 4.79 Å². The third-order valence-corrected chi connectivity index (χ3v) is 5.25. The van der Waals surface area contributed by atoms with Crippen molar-refractivity contribution >= 4 is 28.7 Å². The van der Waals surface area contributed by atoms with Crippen molar-refractivity contribution < 1.29 is 14.3 Å². The molecule has 26 heavy (non-hydrogen) atoms. The number of likely N-dealkylation sites (tertiary alicyclic amines) is 1. The van der Waals surface area contributed by atoms with Crippen LogP contribution in [0.4, 0.5) is 4.79 Å². The van der Waals surface area contributed by atoms with Crippen LogP contribution < -0.4 is 10.6 Å². The Hall–Kier alpha value is -2.15. The molecule has 0 saturated carbocycles. The number of carbonyl (C=O) groups excluding carboxylic acids is 2. The van der Waals surface area contributed by atoms with E-state index in [0.717, 1.165) is 10.5 Å². The molecule has 3 rings (SSSR count). The molecule has 0 aromatic heterocycles. The van der Waals surface area contributed by atoms with Crippen molar-refractivity contribution in [1.29, 1.82) is 0 Å². The Morgan fingerprint density at radius 2 is 2.00 bits per heavy atom. The van der Waals surface area contributed by atoms with Gasteiger partial charge in [-0.1, -0.05) is 42.1 Å². The van der Waals surface area contributed by atoms with Gasteiger partial charge >= 0.3 is 6.09 Å². The van der Waals surface area contributed by atoms with E-state index in [4.69, 9.17) is 4.74 Å². The van der Waals surface area contributed by atoms with E-state index in [-0.39, 0.29) is 23.4 Å². The molecule has 2 atom stereocenters. The Morgan fingerprint density at radius 3 is 2.69 bits per heavy atom. The summed E-state index contributed by atoms with van der Waals surface area (Å²) in [7, 11) is 0. The molecule has 0 radical (unpaired) electrons.